The lowest BCUT2D eigenvalue weighted by Gasteiger charge is -2.20. The van der Waals surface area contributed by atoms with Crippen molar-refractivity contribution in [3.63, 3.8) is 0 Å². The number of rotatable bonds is 1. The molecule has 0 aliphatic carbocycles. The molecular weight excluding hydrogens is 313 g/mol. The van der Waals surface area contributed by atoms with Gasteiger partial charge >= 0.3 is 6.18 Å². The predicted octanol–water partition coefficient (Wildman–Crippen LogP) is 1.14. The molecule has 19 heavy (non-hydrogen) atoms. The van der Waals surface area contributed by atoms with Gasteiger partial charge in [-0.2, -0.15) is 30.0 Å². The fourth-order valence-electron chi connectivity index (χ4n) is 1.43. The van der Waals surface area contributed by atoms with Crippen molar-refractivity contribution in [1.82, 2.24) is 0 Å². The van der Waals surface area contributed by atoms with Crippen LogP contribution in [0.15, 0.2) is 0 Å². The van der Waals surface area contributed by atoms with Gasteiger partial charge in [0.05, 0.1) is 17.9 Å². The third-order valence-electron chi connectivity index (χ3n) is 2.19. The van der Waals surface area contributed by atoms with Crippen molar-refractivity contribution in [2.75, 3.05) is 11.5 Å². The molecule has 0 aromatic rings. The molecule has 1 rings (SSSR count). The Balaban J connectivity index is 2.92. The van der Waals surface area contributed by atoms with Gasteiger partial charge in [0.2, 0.25) is 6.29 Å². The molecule has 1 heterocycles. The lowest BCUT2D eigenvalue weighted by molar-refractivity contribution is -0.173. The van der Waals surface area contributed by atoms with Gasteiger partial charge in [-0.15, -0.1) is 0 Å². The Bertz CT molecular complexity index is 457. The Hall–Kier alpha value is -0.390. The van der Waals surface area contributed by atoms with E-state index in [0.29, 0.717) is 6.42 Å². The summed E-state index contributed by atoms with van der Waals surface area (Å²) in [7, 11) is -8.49. The molecule has 0 amide bonds. The summed E-state index contributed by atoms with van der Waals surface area (Å²) in [5, 5.41) is 0. The Morgan fingerprint density at radius 1 is 0.895 bits per heavy atom. The third kappa shape index (κ3) is 7.09. The average molecular weight is 326 g/mol. The molecule has 0 unspecified atom stereocenters. The molecule has 0 atom stereocenters. The van der Waals surface area contributed by atoms with Crippen LogP contribution in [0.2, 0.25) is 0 Å². The van der Waals surface area contributed by atoms with E-state index in [9.17, 15) is 30.0 Å². The summed E-state index contributed by atoms with van der Waals surface area (Å²) in [5.41, 5.74) is 0. The van der Waals surface area contributed by atoms with Crippen molar-refractivity contribution in [3.8, 4) is 0 Å². The molecule has 114 valence electrons. The smallest absolute Gasteiger partial charge is 0.236 e. The van der Waals surface area contributed by atoms with Gasteiger partial charge in [0.1, 0.15) is 0 Å². The van der Waals surface area contributed by atoms with Crippen LogP contribution in [0.4, 0.5) is 13.2 Å². The van der Waals surface area contributed by atoms with E-state index in [-0.39, 0.29) is 12.8 Å². The fourth-order valence-corrected chi connectivity index (χ4v) is 3.66. The first-order valence-corrected chi connectivity index (χ1v) is 8.53. The first kappa shape index (κ1) is 16.7. The highest BCUT2D eigenvalue weighted by Crippen LogP contribution is 2.26. The molecule has 1 aliphatic heterocycles. The van der Waals surface area contributed by atoms with E-state index >= 15 is 0 Å². The molecule has 11 heteroatoms. The van der Waals surface area contributed by atoms with Gasteiger partial charge in [-0.25, -0.2) is 8.37 Å². The number of alkyl halides is 3. The molecule has 0 aromatic carbocycles. The van der Waals surface area contributed by atoms with Crippen LogP contribution in [0.3, 0.4) is 0 Å². The summed E-state index contributed by atoms with van der Waals surface area (Å²) in [5.74, 6) is -0.935. The highest BCUT2D eigenvalue weighted by atomic mass is 32.2. The second kappa shape index (κ2) is 5.94. The Morgan fingerprint density at radius 3 is 1.68 bits per heavy atom. The molecule has 1 saturated heterocycles. The van der Waals surface area contributed by atoms with E-state index in [1.807, 2.05) is 0 Å². The van der Waals surface area contributed by atoms with Crippen LogP contribution in [0.5, 0.6) is 0 Å². The number of hydrogen-bond donors (Lipinski definition) is 0. The third-order valence-corrected chi connectivity index (χ3v) is 4.79. The van der Waals surface area contributed by atoms with Crippen LogP contribution >= 0.6 is 0 Å². The van der Waals surface area contributed by atoms with Gasteiger partial charge in [0.15, 0.2) is 0 Å². The summed E-state index contributed by atoms with van der Waals surface area (Å²) < 4.78 is 90.3. The van der Waals surface area contributed by atoms with Crippen molar-refractivity contribution >= 4 is 20.2 Å². The lowest BCUT2D eigenvalue weighted by atomic mass is 10.3. The minimum absolute atomic E-state index is 0.122. The zero-order chi connectivity index (χ0) is 14.7. The topological polar surface area (TPSA) is 86.7 Å². The summed E-state index contributed by atoms with van der Waals surface area (Å²) in [6.07, 6.45) is -8.47. The van der Waals surface area contributed by atoms with Gasteiger partial charge in [0.25, 0.3) is 20.2 Å². The maximum Gasteiger partial charge on any atom is 0.394 e. The molecule has 0 spiro atoms. The first-order valence-electron chi connectivity index (χ1n) is 5.38. The second-order valence-electron chi connectivity index (χ2n) is 4.03. The monoisotopic (exact) mass is 326 g/mol. The average Bonchev–Trinajstić information content (AvgIpc) is 2.10. The molecule has 1 fully saturated rings. The molecule has 0 bridgehead atoms. The van der Waals surface area contributed by atoms with Gasteiger partial charge in [-0.05, 0) is 12.8 Å². The second-order valence-corrected chi connectivity index (χ2v) is 7.46. The normalized spacial score (nSPS) is 25.8. The standard InChI is InChI=1S/C8H13F3O6S2/c9-8(10,11)6-7-16-18(12,13)4-2-1-3-5-19(14,15)17-7/h7H,1-6H2. The van der Waals surface area contributed by atoms with Crippen molar-refractivity contribution in [2.24, 2.45) is 0 Å². The van der Waals surface area contributed by atoms with Crippen molar-refractivity contribution < 1.29 is 38.4 Å². The van der Waals surface area contributed by atoms with E-state index in [2.05, 4.69) is 8.37 Å². The van der Waals surface area contributed by atoms with Gasteiger partial charge < -0.3 is 0 Å². The summed E-state index contributed by atoms with van der Waals surface area (Å²) in [6, 6.07) is 0. The van der Waals surface area contributed by atoms with Gasteiger partial charge in [-0.3, -0.25) is 0 Å². The van der Waals surface area contributed by atoms with Crippen molar-refractivity contribution in [3.05, 3.63) is 0 Å². The Kier molecular flexibility index (Phi) is 5.21. The van der Waals surface area contributed by atoms with Gasteiger partial charge in [-0.1, -0.05) is 6.42 Å². The Labute approximate surface area is 109 Å². The zero-order valence-electron chi connectivity index (χ0n) is 9.72. The SMILES string of the molecule is O=S1(=O)CCCCCS(=O)(=O)OC(CC(F)(F)F)O1. The molecule has 0 radical (unpaired) electrons. The fraction of sp³-hybridized carbons (Fsp3) is 1.00. The minimum atomic E-state index is -4.81. The van der Waals surface area contributed by atoms with E-state index in [4.69, 9.17) is 0 Å². The highest BCUT2D eigenvalue weighted by molar-refractivity contribution is 7.87. The molecular formula is C8H13F3O6S2. The quantitative estimate of drug-likeness (QED) is 0.672. The number of halogens is 3. The van der Waals surface area contributed by atoms with E-state index < -0.39 is 50.6 Å². The van der Waals surface area contributed by atoms with E-state index in [0.717, 1.165) is 0 Å². The highest BCUT2D eigenvalue weighted by Gasteiger charge is 2.38. The first-order chi connectivity index (χ1) is 8.49. The van der Waals surface area contributed by atoms with Gasteiger partial charge in [0, 0.05) is 0 Å². The van der Waals surface area contributed by atoms with Crippen LogP contribution in [0.25, 0.3) is 0 Å². The molecule has 0 aromatic heterocycles. The van der Waals surface area contributed by atoms with Crippen molar-refractivity contribution in [2.45, 2.75) is 38.1 Å². The van der Waals surface area contributed by atoms with Crippen LogP contribution < -0.4 is 0 Å². The molecule has 6 nitrogen and oxygen atoms in total. The van der Waals surface area contributed by atoms with E-state index in [1.54, 1.807) is 0 Å². The van der Waals surface area contributed by atoms with Crippen molar-refractivity contribution in [1.29, 1.82) is 0 Å². The maximum absolute atomic E-state index is 12.2. The minimum Gasteiger partial charge on any atom is -0.236 e. The zero-order valence-corrected chi connectivity index (χ0v) is 11.4. The van der Waals surface area contributed by atoms with E-state index in [1.165, 1.54) is 0 Å². The summed E-state index contributed by atoms with van der Waals surface area (Å²) >= 11 is 0. The lowest BCUT2D eigenvalue weighted by Crippen LogP contribution is -2.32. The van der Waals surface area contributed by atoms with Crippen LogP contribution in [-0.2, 0) is 28.6 Å². The maximum atomic E-state index is 12.2. The van der Waals surface area contributed by atoms with Crippen LogP contribution in [-0.4, -0.2) is 40.8 Å². The number of hydrogen-bond acceptors (Lipinski definition) is 6. The molecule has 1 aliphatic rings. The predicted molar refractivity (Wildman–Crippen MR) is 58.1 cm³/mol. The molecule has 0 saturated carbocycles. The largest absolute Gasteiger partial charge is 0.394 e. The van der Waals surface area contributed by atoms with Crippen LogP contribution in [0, 0.1) is 0 Å². The molecule has 0 N–H and O–H groups in total. The summed E-state index contributed by atoms with van der Waals surface area (Å²) in [4.78, 5) is 0. The Morgan fingerprint density at radius 2 is 1.32 bits per heavy atom. The van der Waals surface area contributed by atoms with Crippen LogP contribution in [0.1, 0.15) is 25.7 Å². The summed E-state index contributed by atoms with van der Waals surface area (Å²) in [6.45, 7) is 0.